The normalized spacial score (nSPS) is 13.3. The number of nitrogens with zero attached hydrogens (tertiary/aromatic N) is 2. The van der Waals surface area contributed by atoms with Crippen LogP contribution in [0.4, 0.5) is 0 Å². The molecule has 0 aromatic heterocycles. The number of rotatable bonds is 30. The van der Waals surface area contributed by atoms with E-state index in [0.29, 0.717) is 0 Å². The molecule has 1 heterocycles. The van der Waals surface area contributed by atoms with Crippen LogP contribution in [0.25, 0.3) is 16.9 Å². The Bertz CT molecular complexity index is 1370. The minimum atomic E-state index is 1.03. The molecule has 3 rings (SSSR count). The molecular weight excluding hydrogens is 629 g/mol. The highest BCUT2D eigenvalue weighted by atomic mass is 15.2. The van der Waals surface area contributed by atoms with Crippen molar-refractivity contribution in [2.24, 2.45) is 0 Å². The molecule has 2 aromatic carbocycles. The molecule has 1 aliphatic heterocycles. The maximum absolute atomic E-state index is 12.6. The van der Waals surface area contributed by atoms with E-state index in [1.165, 1.54) is 173 Å². The summed E-state index contributed by atoms with van der Waals surface area (Å²) < 4.78 is 1.68. The largest absolute Gasteiger partial charge is 0.493 e. The second-order valence-corrected chi connectivity index (χ2v) is 16.2. The lowest BCUT2D eigenvalue weighted by atomic mass is 9.89. The lowest BCUT2D eigenvalue weighted by molar-refractivity contribution is -0.345. The summed E-state index contributed by atoms with van der Waals surface area (Å²) >= 11 is 0. The summed E-state index contributed by atoms with van der Waals surface area (Å²) in [6, 6.07) is 14.7. The summed E-state index contributed by atoms with van der Waals surface area (Å²) in [7, 11) is 0. The van der Waals surface area contributed by atoms with Crippen molar-refractivity contribution >= 4 is 11.4 Å². The van der Waals surface area contributed by atoms with Gasteiger partial charge in [0.05, 0.1) is 0 Å². The molecule has 0 fully saturated rings. The number of allylic oxidation sites excluding steroid dienone is 2. The number of hydrogen-bond donors (Lipinski definition) is 0. The smallest absolute Gasteiger partial charge is 0.211 e. The van der Waals surface area contributed by atoms with Gasteiger partial charge in [0, 0.05) is 22.3 Å². The van der Waals surface area contributed by atoms with Crippen LogP contribution in [0.1, 0.15) is 229 Å². The molecular formula is C50H80N2. The van der Waals surface area contributed by atoms with Crippen molar-refractivity contribution in [2.75, 3.05) is 0 Å². The van der Waals surface area contributed by atoms with Gasteiger partial charge in [0.2, 0.25) is 11.4 Å². The van der Waals surface area contributed by atoms with Crippen LogP contribution in [0.5, 0.6) is 0 Å². The van der Waals surface area contributed by atoms with Crippen LogP contribution in [-0.2, 0) is 25.7 Å². The first-order valence-corrected chi connectivity index (χ1v) is 22.7. The third-order valence-electron chi connectivity index (χ3n) is 11.3. The Morgan fingerprint density at radius 3 is 0.981 bits per heavy atom. The van der Waals surface area contributed by atoms with Crippen molar-refractivity contribution in [3.63, 3.8) is 0 Å². The highest BCUT2D eigenvalue weighted by molar-refractivity contribution is 5.82. The van der Waals surface area contributed by atoms with Crippen molar-refractivity contribution in [2.45, 2.75) is 221 Å². The Hall–Kier alpha value is -2.48. The molecule has 0 saturated carbocycles. The van der Waals surface area contributed by atoms with Crippen LogP contribution in [0, 0.1) is 0 Å². The third kappa shape index (κ3) is 14.7. The van der Waals surface area contributed by atoms with Crippen molar-refractivity contribution in [1.82, 2.24) is 0 Å². The van der Waals surface area contributed by atoms with Crippen LogP contribution in [0.3, 0.4) is 0 Å². The highest BCUT2D eigenvalue weighted by Gasteiger charge is 2.35. The standard InChI is InChI=1S/C50H80N2/c1-7-13-19-22-24-26-31-43-35-41(29-16-10-4)37-45(39-43)49-47(33-18-12-6)48(34-28-21-15-9-3)50(52(49)51)46-38-42(30-17-11-5)36-44(40-46)32-27-25-23-20-14-8-2/h35-40H,7-34H2,1-6H3. The minimum absolute atomic E-state index is 1.03. The molecule has 52 heavy (non-hydrogen) atoms. The Labute approximate surface area is 322 Å². The summed E-state index contributed by atoms with van der Waals surface area (Å²) in [5, 5.41) is 0. The molecule has 2 nitrogen and oxygen atoms in total. The zero-order valence-electron chi connectivity index (χ0n) is 35.2. The minimum Gasteiger partial charge on any atom is -0.493 e. The fourth-order valence-electron chi connectivity index (χ4n) is 8.22. The van der Waals surface area contributed by atoms with Crippen LogP contribution in [0.2, 0.25) is 0 Å². The summed E-state index contributed by atoms with van der Waals surface area (Å²) in [5.41, 5.74) is 25.9. The molecule has 1 aliphatic rings. The molecule has 2 heteroatoms. The van der Waals surface area contributed by atoms with Crippen LogP contribution < -0.4 is 0 Å². The predicted octanol–water partition coefficient (Wildman–Crippen LogP) is 16.5. The average Bonchev–Trinajstić information content (AvgIpc) is 3.43. The van der Waals surface area contributed by atoms with Gasteiger partial charge >= 0.3 is 0 Å². The van der Waals surface area contributed by atoms with E-state index < -0.39 is 0 Å². The van der Waals surface area contributed by atoms with Gasteiger partial charge in [-0.1, -0.05) is 156 Å². The molecule has 0 atom stereocenters. The van der Waals surface area contributed by atoms with Gasteiger partial charge in [0.1, 0.15) is 0 Å². The molecule has 0 unspecified atom stereocenters. The van der Waals surface area contributed by atoms with Crippen molar-refractivity contribution in [3.05, 3.63) is 86.5 Å². The molecule has 0 radical (unpaired) electrons. The van der Waals surface area contributed by atoms with E-state index in [1.54, 1.807) is 4.70 Å². The van der Waals surface area contributed by atoms with Crippen LogP contribution in [0.15, 0.2) is 47.5 Å². The molecule has 0 spiro atoms. The van der Waals surface area contributed by atoms with Gasteiger partial charge in [-0.25, -0.2) is 4.70 Å². The monoisotopic (exact) mass is 709 g/mol. The molecule has 2 aromatic rings. The Kier molecular flexibility index (Phi) is 22.2. The van der Waals surface area contributed by atoms with E-state index in [-0.39, 0.29) is 0 Å². The number of hydrogen-bond acceptors (Lipinski definition) is 0. The van der Waals surface area contributed by atoms with E-state index in [9.17, 15) is 5.53 Å². The van der Waals surface area contributed by atoms with Gasteiger partial charge in [-0.2, -0.15) is 0 Å². The molecule has 0 N–H and O–H groups in total. The zero-order valence-corrected chi connectivity index (χ0v) is 35.2. The lowest BCUT2D eigenvalue weighted by Crippen LogP contribution is -2.05. The van der Waals surface area contributed by atoms with Crippen LogP contribution >= 0.6 is 0 Å². The second kappa shape index (κ2) is 26.3. The Balaban J connectivity index is 2.10. The summed E-state index contributed by atoms with van der Waals surface area (Å²) in [5.74, 6) is 0. The number of unbranched alkanes of at least 4 members (excludes halogenated alkanes) is 16. The van der Waals surface area contributed by atoms with Crippen molar-refractivity contribution in [1.29, 1.82) is 0 Å². The number of benzene rings is 2. The molecule has 0 amide bonds. The second-order valence-electron chi connectivity index (χ2n) is 16.2. The first-order chi connectivity index (χ1) is 25.5. The topological polar surface area (TPSA) is 25.3 Å². The SMILES string of the molecule is CCCCCCCCc1cc(CCCC)cc(C2=C(CCCC)C(CCCCCC)=C(c3cc(CCCC)cc(CCCCCCCC)c3)[N+]2=[N-])c1. The van der Waals surface area contributed by atoms with Gasteiger partial charge in [-0.15, -0.1) is 0 Å². The molecule has 0 aliphatic carbocycles. The first-order valence-electron chi connectivity index (χ1n) is 22.7. The molecule has 0 saturated heterocycles. The maximum Gasteiger partial charge on any atom is 0.211 e. The lowest BCUT2D eigenvalue weighted by Gasteiger charge is -2.15. The zero-order chi connectivity index (χ0) is 37.4. The van der Waals surface area contributed by atoms with Crippen molar-refractivity contribution in [3.8, 4) is 0 Å². The van der Waals surface area contributed by atoms with E-state index >= 15 is 0 Å². The van der Waals surface area contributed by atoms with Gasteiger partial charge in [0.25, 0.3) is 0 Å². The summed E-state index contributed by atoms with van der Waals surface area (Å²) in [4.78, 5) is 0. The van der Waals surface area contributed by atoms with Gasteiger partial charge in [0.15, 0.2) is 0 Å². The van der Waals surface area contributed by atoms with Gasteiger partial charge in [-0.3, -0.25) is 0 Å². The average molecular weight is 709 g/mol. The Morgan fingerprint density at radius 2 is 0.596 bits per heavy atom. The molecule has 290 valence electrons. The highest BCUT2D eigenvalue weighted by Crippen LogP contribution is 2.45. The van der Waals surface area contributed by atoms with E-state index in [1.807, 2.05) is 0 Å². The van der Waals surface area contributed by atoms with Crippen molar-refractivity contribution < 1.29 is 4.70 Å². The van der Waals surface area contributed by atoms with E-state index in [0.717, 1.165) is 62.8 Å². The number of aryl methyl sites for hydroxylation is 4. The van der Waals surface area contributed by atoms with E-state index in [2.05, 4.69) is 77.9 Å². The van der Waals surface area contributed by atoms with Gasteiger partial charge < -0.3 is 5.53 Å². The Morgan fingerprint density at radius 1 is 0.327 bits per heavy atom. The first kappa shape index (κ1) is 43.9. The fourth-order valence-corrected chi connectivity index (χ4v) is 8.22. The third-order valence-corrected chi connectivity index (χ3v) is 11.3. The fraction of sp³-hybridized carbons (Fsp3) is 0.680. The molecule has 0 bridgehead atoms. The quantitative estimate of drug-likeness (QED) is 0.0570. The van der Waals surface area contributed by atoms with E-state index in [4.69, 9.17) is 0 Å². The predicted molar refractivity (Wildman–Crippen MR) is 230 cm³/mol. The van der Waals surface area contributed by atoms with Crippen LogP contribution in [-0.4, -0.2) is 4.70 Å². The van der Waals surface area contributed by atoms with Gasteiger partial charge in [-0.05, 0) is 124 Å². The maximum atomic E-state index is 12.6. The summed E-state index contributed by atoms with van der Waals surface area (Å²) in [6.45, 7) is 13.8. The summed E-state index contributed by atoms with van der Waals surface area (Å²) in [6.07, 6.45) is 34.5.